The van der Waals surface area contributed by atoms with Gasteiger partial charge >= 0.3 is 0 Å². The summed E-state index contributed by atoms with van der Waals surface area (Å²) in [6, 6.07) is 0. The van der Waals surface area contributed by atoms with Gasteiger partial charge in [0.2, 0.25) is 0 Å². The summed E-state index contributed by atoms with van der Waals surface area (Å²) in [6.07, 6.45) is 5.68. The average molecular weight is 152 g/mol. The summed E-state index contributed by atoms with van der Waals surface area (Å²) < 4.78 is 0. The van der Waals surface area contributed by atoms with Crippen molar-refractivity contribution in [3.8, 4) is 0 Å². The van der Waals surface area contributed by atoms with Gasteiger partial charge in [0.1, 0.15) is 0 Å². The van der Waals surface area contributed by atoms with Gasteiger partial charge in [0.25, 0.3) is 0 Å². The SMILES string of the molecule is Cc1[nH]ncc1/C=C\C=P. The van der Waals surface area contributed by atoms with Gasteiger partial charge in [0.05, 0.1) is 6.20 Å². The highest BCUT2D eigenvalue weighted by Gasteiger charge is 1.91. The van der Waals surface area contributed by atoms with Crippen LogP contribution >= 0.6 is 8.86 Å². The van der Waals surface area contributed by atoms with Crippen molar-refractivity contribution < 1.29 is 0 Å². The van der Waals surface area contributed by atoms with E-state index in [1.165, 1.54) is 0 Å². The number of allylic oxidation sites excluding steroid dienone is 1. The molecular weight excluding hydrogens is 143 g/mol. The number of rotatable bonds is 2. The van der Waals surface area contributed by atoms with E-state index < -0.39 is 0 Å². The van der Waals surface area contributed by atoms with E-state index in [2.05, 4.69) is 19.1 Å². The number of aromatic amines is 1. The Kier molecular flexibility index (Phi) is 2.41. The van der Waals surface area contributed by atoms with Crippen molar-refractivity contribution in [2.45, 2.75) is 6.92 Å². The summed E-state index contributed by atoms with van der Waals surface area (Å²) in [4.78, 5) is 0. The standard InChI is InChI=1S/C7H9N2P/c1-6-7(3-2-4-10)5-8-9-6/h2-5,10H,1H3,(H,8,9)/b3-2-. The van der Waals surface area contributed by atoms with Crippen molar-refractivity contribution in [2.24, 2.45) is 0 Å². The summed E-state index contributed by atoms with van der Waals surface area (Å²) in [6.45, 7) is 1.99. The fourth-order valence-corrected chi connectivity index (χ4v) is 0.776. The van der Waals surface area contributed by atoms with Crippen LogP contribution in [0, 0.1) is 6.92 Å². The van der Waals surface area contributed by atoms with E-state index in [9.17, 15) is 0 Å². The zero-order valence-electron chi connectivity index (χ0n) is 5.76. The maximum atomic E-state index is 3.87. The molecule has 2 nitrogen and oxygen atoms in total. The lowest BCUT2D eigenvalue weighted by atomic mass is 10.2. The van der Waals surface area contributed by atoms with Crippen LogP contribution in [0.15, 0.2) is 12.3 Å². The number of hydrogen-bond acceptors (Lipinski definition) is 1. The molecule has 1 heterocycles. The Morgan fingerprint density at radius 3 is 3.00 bits per heavy atom. The third-order valence-electron chi connectivity index (χ3n) is 1.24. The topological polar surface area (TPSA) is 28.7 Å². The van der Waals surface area contributed by atoms with E-state index in [1.807, 2.05) is 19.1 Å². The van der Waals surface area contributed by atoms with Gasteiger partial charge in [-0.05, 0) is 12.7 Å². The monoisotopic (exact) mass is 152 g/mol. The predicted molar refractivity (Wildman–Crippen MR) is 46.7 cm³/mol. The molecule has 52 valence electrons. The third kappa shape index (κ3) is 1.55. The first-order chi connectivity index (χ1) is 4.84. The Morgan fingerprint density at radius 2 is 2.50 bits per heavy atom. The number of hydrogen-bond donors (Lipinski definition) is 1. The highest BCUT2D eigenvalue weighted by molar-refractivity contribution is 7.18. The smallest absolute Gasteiger partial charge is 0.0562 e. The minimum absolute atomic E-state index is 1.09. The Balaban J connectivity index is 2.83. The Morgan fingerprint density at radius 1 is 1.70 bits per heavy atom. The molecule has 1 aromatic heterocycles. The molecule has 10 heavy (non-hydrogen) atoms. The van der Waals surface area contributed by atoms with Crippen LogP contribution in [0.5, 0.6) is 0 Å². The molecule has 0 aromatic carbocycles. The normalized spacial score (nSPS) is 10.5. The molecule has 3 heteroatoms. The van der Waals surface area contributed by atoms with Gasteiger partial charge in [-0.25, -0.2) is 0 Å². The van der Waals surface area contributed by atoms with E-state index in [-0.39, 0.29) is 0 Å². The van der Waals surface area contributed by atoms with Crippen molar-refractivity contribution >= 4 is 20.7 Å². The third-order valence-corrected chi connectivity index (χ3v) is 1.43. The molecule has 0 spiro atoms. The first-order valence-electron chi connectivity index (χ1n) is 3.01. The molecule has 0 aliphatic carbocycles. The van der Waals surface area contributed by atoms with Crippen LogP contribution in [0.2, 0.25) is 0 Å². The van der Waals surface area contributed by atoms with Crippen LogP contribution in [-0.4, -0.2) is 16.0 Å². The van der Waals surface area contributed by atoms with Crippen molar-refractivity contribution in [2.75, 3.05) is 0 Å². The largest absolute Gasteiger partial charge is 0.282 e. The van der Waals surface area contributed by atoms with Crippen molar-refractivity contribution in [1.29, 1.82) is 0 Å². The summed E-state index contributed by atoms with van der Waals surface area (Å²) in [5.41, 5.74) is 2.21. The molecule has 0 radical (unpaired) electrons. The van der Waals surface area contributed by atoms with Crippen LogP contribution in [0.3, 0.4) is 0 Å². The molecule has 0 saturated carbocycles. The fraction of sp³-hybridized carbons (Fsp3) is 0.143. The van der Waals surface area contributed by atoms with Gasteiger partial charge in [-0.3, -0.25) is 5.10 Å². The molecule has 0 bridgehead atoms. The van der Waals surface area contributed by atoms with E-state index in [1.54, 1.807) is 12.0 Å². The molecule has 0 aliphatic rings. The lowest BCUT2D eigenvalue weighted by Crippen LogP contribution is -1.72. The Labute approximate surface area is 62.2 Å². The zero-order chi connectivity index (χ0) is 7.40. The second-order valence-electron chi connectivity index (χ2n) is 1.98. The second-order valence-corrected chi connectivity index (χ2v) is 2.31. The molecular formula is C7H9N2P. The van der Waals surface area contributed by atoms with Gasteiger partial charge in [-0.15, -0.1) is 8.86 Å². The maximum Gasteiger partial charge on any atom is 0.0562 e. The molecule has 0 fully saturated rings. The van der Waals surface area contributed by atoms with Crippen molar-refractivity contribution in [3.05, 3.63) is 23.5 Å². The molecule has 0 atom stereocenters. The highest BCUT2D eigenvalue weighted by atomic mass is 31.0. The maximum absolute atomic E-state index is 3.87. The van der Waals surface area contributed by atoms with Crippen LogP contribution in [0.4, 0.5) is 0 Å². The summed E-state index contributed by atoms with van der Waals surface area (Å²) >= 11 is 0. The minimum atomic E-state index is 1.09. The number of H-pyrrole nitrogens is 1. The minimum Gasteiger partial charge on any atom is -0.282 e. The summed E-state index contributed by atoms with van der Waals surface area (Å²) in [5, 5.41) is 6.72. The first kappa shape index (κ1) is 7.23. The van der Waals surface area contributed by atoms with Crippen LogP contribution in [0.25, 0.3) is 6.08 Å². The van der Waals surface area contributed by atoms with Crippen molar-refractivity contribution in [1.82, 2.24) is 10.2 Å². The molecule has 1 N–H and O–H groups in total. The van der Waals surface area contributed by atoms with E-state index >= 15 is 0 Å². The van der Waals surface area contributed by atoms with Gasteiger partial charge < -0.3 is 0 Å². The van der Waals surface area contributed by atoms with E-state index in [0.717, 1.165) is 11.3 Å². The fourth-order valence-electron chi connectivity index (χ4n) is 0.680. The van der Waals surface area contributed by atoms with Crippen LogP contribution < -0.4 is 0 Å². The van der Waals surface area contributed by atoms with Crippen LogP contribution in [-0.2, 0) is 0 Å². The predicted octanol–water partition coefficient (Wildman–Crippen LogP) is 1.68. The lowest BCUT2D eigenvalue weighted by Gasteiger charge is -1.83. The number of aromatic nitrogens is 2. The summed E-state index contributed by atoms with van der Waals surface area (Å²) in [7, 11) is 3.22. The van der Waals surface area contributed by atoms with Crippen molar-refractivity contribution in [3.63, 3.8) is 0 Å². The van der Waals surface area contributed by atoms with Gasteiger partial charge in [-0.1, -0.05) is 12.2 Å². The Bertz CT molecular complexity index is 250. The molecule has 0 aliphatic heterocycles. The molecule has 0 amide bonds. The highest BCUT2D eigenvalue weighted by Crippen LogP contribution is 2.03. The number of nitrogens with zero attached hydrogens (tertiary/aromatic N) is 1. The molecule has 1 aromatic rings. The van der Waals surface area contributed by atoms with Gasteiger partial charge in [0.15, 0.2) is 0 Å². The number of nitrogens with one attached hydrogen (secondary N) is 1. The first-order valence-corrected chi connectivity index (χ1v) is 3.59. The second kappa shape index (κ2) is 3.33. The number of aryl methyl sites for hydroxylation is 1. The summed E-state index contributed by atoms with van der Waals surface area (Å²) in [5.74, 6) is 1.80. The molecule has 1 rings (SSSR count). The quantitative estimate of drug-likeness (QED) is 0.641. The zero-order valence-corrected chi connectivity index (χ0v) is 6.76. The Hall–Kier alpha value is -0.880. The molecule has 0 saturated heterocycles. The molecule has 0 unspecified atom stereocenters. The van der Waals surface area contributed by atoms with Gasteiger partial charge in [0, 0.05) is 11.3 Å². The average Bonchev–Trinajstić information content (AvgIpc) is 2.31. The van der Waals surface area contributed by atoms with E-state index in [0.29, 0.717) is 0 Å². The van der Waals surface area contributed by atoms with Gasteiger partial charge in [-0.2, -0.15) is 5.10 Å². The van der Waals surface area contributed by atoms with E-state index in [4.69, 9.17) is 0 Å². The lowest BCUT2D eigenvalue weighted by molar-refractivity contribution is 1.05. The van der Waals surface area contributed by atoms with Crippen LogP contribution in [0.1, 0.15) is 11.3 Å².